The van der Waals surface area contributed by atoms with Crippen molar-refractivity contribution in [3.8, 4) is 0 Å². The van der Waals surface area contributed by atoms with E-state index in [0.29, 0.717) is 33.6 Å². The fourth-order valence-electron chi connectivity index (χ4n) is 3.97. The molecule has 1 fully saturated rings. The van der Waals surface area contributed by atoms with Gasteiger partial charge in [0.2, 0.25) is 0 Å². The maximum atomic E-state index is 12.6. The molecule has 0 aliphatic carbocycles. The van der Waals surface area contributed by atoms with Gasteiger partial charge in [-0.2, -0.15) is 0 Å². The second-order valence-corrected chi connectivity index (χ2v) is 10.2. The smallest absolute Gasteiger partial charge is 0.176 e. The summed E-state index contributed by atoms with van der Waals surface area (Å²) in [5.74, 6) is 0. The molecule has 1 heterocycles. The van der Waals surface area contributed by atoms with Crippen LogP contribution in [-0.2, 0) is 9.84 Å². The second-order valence-electron chi connectivity index (χ2n) is 7.46. The SMILES string of the molecule is CS(=O)(=O)C(=C1CN(C(c2ccccc2)c2ccccc2)C1)c1ccc(Cl)c(Cl)c1. The Balaban J connectivity index is 1.72. The van der Waals surface area contributed by atoms with Crippen LogP contribution in [0.5, 0.6) is 0 Å². The summed E-state index contributed by atoms with van der Waals surface area (Å²) in [5, 5.41) is 0.750. The van der Waals surface area contributed by atoms with Gasteiger partial charge in [-0.25, -0.2) is 8.42 Å². The fraction of sp³-hybridized carbons (Fsp3) is 0.167. The maximum Gasteiger partial charge on any atom is 0.176 e. The molecule has 1 saturated heterocycles. The first kappa shape index (κ1) is 21.1. The molecule has 0 atom stereocenters. The Hall–Kier alpha value is -2.11. The van der Waals surface area contributed by atoms with E-state index < -0.39 is 9.84 Å². The van der Waals surface area contributed by atoms with Crippen LogP contribution < -0.4 is 0 Å². The van der Waals surface area contributed by atoms with Crippen molar-refractivity contribution >= 4 is 37.9 Å². The van der Waals surface area contributed by atoms with Gasteiger partial charge in [-0.3, -0.25) is 4.90 Å². The molecular formula is C24H21Cl2NO2S. The van der Waals surface area contributed by atoms with E-state index in [2.05, 4.69) is 29.2 Å². The lowest BCUT2D eigenvalue weighted by Crippen LogP contribution is -2.44. The van der Waals surface area contributed by atoms with E-state index in [1.807, 2.05) is 36.4 Å². The lowest BCUT2D eigenvalue weighted by atomic mass is 9.92. The van der Waals surface area contributed by atoms with E-state index >= 15 is 0 Å². The number of benzene rings is 3. The summed E-state index contributed by atoms with van der Waals surface area (Å²) in [5.41, 5.74) is 3.82. The molecule has 0 radical (unpaired) electrons. The lowest BCUT2D eigenvalue weighted by Gasteiger charge is -2.42. The van der Waals surface area contributed by atoms with Gasteiger partial charge >= 0.3 is 0 Å². The minimum atomic E-state index is -3.43. The first-order chi connectivity index (χ1) is 14.3. The predicted octanol–water partition coefficient (Wildman–Crippen LogP) is 5.85. The van der Waals surface area contributed by atoms with Crippen molar-refractivity contribution in [2.45, 2.75) is 6.04 Å². The zero-order valence-corrected chi connectivity index (χ0v) is 18.8. The molecular weight excluding hydrogens is 437 g/mol. The molecule has 3 nitrogen and oxygen atoms in total. The van der Waals surface area contributed by atoms with E-state index in [1.54, 1.807) is 18.2 Å². The highest BCUT2D eigenvalue weighted by atomic mass is 35.5. The van der Waals surface area contributed by atoms with E-state index in [-0.39, 0.29) is 6.04 Å². The molecule has 0 saturated carbocycles. The van der Waals surface area contributed by atoms with Crippen molar-refractivity contribution in [2.75, 3.05) is 19.3 Å². The molecule has 0 spiro atoms. The van der Waals surface area contributed by atoms with Crippen LogP contribution in [-0.4, -0.2) is 32.7 Å². The average Bonchev–Trinajstić information content (AvgIpc) is 2.69. The van der Waals surface area contributed by atoms with Crippen LogP contribution in [0.25, 0.3) is 4.91 Å². The number of likely N-dealkylation sites (tertiary alicyclic amines) is 1. The van der Waals surface area contributed by atoms with Gasteiger partial charge in [0.25, 0.3) is 0 Å². The van der Waals surface area contributed by atoms with E-state index in [9.17, 15) is 8.42 Å². The fourth-order valence-corrected chi connectivity index (χ4v) is 5.48. The predicted molar refractivity (Wildman–Crippen MR) is 125 cm³/mol. The van der Waals surface area contributed by atoms with Gasteiger partial charge in [-0.05, 0) is 34.4 Å². The lowest BCUT2D eigenvalue weighted by molar-refractivity contribution is 0.203. The van der Waals surface area contributed by atoms with Gasteiger partial charge in [-0.15, -0.1) is 0 Å². The third-order valence-electron chi connectivity index (χ3n) is 5.26. The highest BCUT2D eigenvalue weighted by molar-refractivity contribution is 8.00. The average molecular weight is 458 g/mol. The molecule has 0 amide bonds. The van der Waals surface area contributed by atoms with Gasteiger partial charge in [0, 0.05) is 19.3 Å². The van der Waals surface area contributed by atoms with Crippen molar-refractivity contribution in [1.29, 1.82) is 0 Å². The van der Waals surface area contributed by atoms with Crippen LogP contribution in [0, 0.1) is 0 Å². The zero-order valence-electron chi connectivity index (χ0n) is 16.4. The molecule has 0 N–H and O–H groups in total. The molecule has 1 aliphatic rings. The zero-order chi connectivity index (χ0) is 21.3. The molecule has 30 heavy (non-hydrogen) atoms. The largest absolute Gasteiger partial charge is 0.284 e. The van der Waals surface area contributed by atoms with Gasteiger partial charge in [0.15, 0.2) is 9.84 Å². The van der Waals surface area contributed by atoms with Crippen LogP contribution in [0.2, 0.25) is 10.0 Å². The van der Waals surface area contributed by atoms with Crippen LogP contribution in [0.3, 0.4) is 0 Å². The molecule has 6 heteroatoms. The van der Waals surface area contributed by atoms with E-state index in [0.717, 1.165) is 5.57 Å². The van der Waals surface area contributed by atoms with Crippen LogP contribution >= 0.6 is 23.2 Å². The topological polar surface area (TPSA) is 37.4 Å². The van der Waals surface area contributed by atoms with Crippen LogP contribution in [0.4, 0.5) is 0 Å². The summed E-state index contributed by atoms with van der Waals surface area (Å²) in [7, 11) is -3.43. The summed E-state index contributed by atoms with van der Waals surface area (Å²) in [4.78, 5) is 2.63. The van der Waals surface area contributed by atoms with Crippen molar-refractivity contribution in [3.63, 3.8) is 0 Å². The number of nitrogens with zero attached hydrogens (tertiary/aromatic N) is 1. The molecule has 3 aromatic rings. The Morgan fingerprint density at radius 1 is 0.833 bits per heavy atom. The normalized spacial score (nSPS) is 14.6. The monoisotopic (exact) mass is 457 g/mol. The Bertz CT molecular complexity index is 1140. The molecule has 0 bridgehead atoms. The van der Waals surface area contributed by atoms with Gasteiger partial charge in [0.1, 0.15) is 0 Å². The summed E-state index contributed by atoms with van der Waals surface area (Å²) in [6, 6.07) is 25.6. The van der Waals surface area contributed by atoms with Gasteiger partial charge in [0.05, 0.1) is 21.0 Å². The van der Waals surface area contributed by atoms with E-state index in [1.165, 1.54) is 17.4 Å². The third kappa shape index (κ3) is 4.33. The molecule has 0 aromatic heterocycles. The standard InChI is InChI=1S/C24H21Cl2NO2S/c1-30(28,29)24(19-12-13-21(25)22(26)14-19)20-15-27(16-20)23(17-8-4-2-5-9-17)18-10-6-3-7-11-18/h2-14,23H,15-16H2,1H3. The minimum absolute atomic E-state index is 0.0609. The first-order valence-corrected chi connectivity index (χ1v) is 12.2. The number of sulfone groups is 1. The van der Waals surface area contributed by atoms with Crippen molar-refractivity contribution in [3.05, 3.63) is 111 Å². The van der Waals surface area contributed by atoms with Crippen molar-refractivity contribution < 1.29 is 8.42 Å². The summed E-state index contributed by atoms with van der Waals surface area (Å²) >= 11 is 12.2. The Kier molecular flexibility index (Phi) is 6.03. The quantitative estimate of drug-likeness (QED) is 0.481. The number of rotatable bonds is 5. The molecule has 4 rings (SSSR count). The number of hydrogen-bond acceptors (Lipinski definition) is 3. The Morgan fingerprint density at radius 2 is 1.37 bits per heavy atom. The van der Waals surface area contributed by atoms with Gasteiger partial charge in [-0.1, -0.05) is 89.9 Å². The highest BCUT2D eigenvalue weighted by Crippen LogP contribution is 2.39. The third-order valence-corrected chi connectivity index (χ3v) is 7.26. The number of halogens is 2. The highest BCUT2D eigenvalue weighted by Gasteiger charge is 2.34. The second kappa shape index (κ2) is 8.56. The molecule has 154 valence electrons. The van der Waals surface area contributed by atoms with Crippen molar-refractivity contribution in [2.24, 2.45) is 0 Å². The van der Waals surface area contributed by atoms with E-state index in [4.69, 9.17) is 23.2 Å². The molecule has 0 unspecified atom stereocenters. The summed E-state index contributed by atoms with van der Waals surface area (Å²) in [6.45, 7) is 1.13. The molecule has 1 aliphatic heterocycles. The van der Waals surface area contributed by atoms with Crippen LogP contribution in [0.15, 0.2) is 84.4 Å². The summed E-state index contributed by atoms with van der Waals surface area (Å²) in [6.07, 6.45) is 1.24. The van der Waals surface area contributed by atoms with Gasteiger partial charge < -0.3 is 0 Å². The molecule has 3 aromatic carbocycles. The van der Waals surface area contributed by atoms with Crippen molar-refractivity contribution in [1.82, 2.24) is 4.90 Å². The number of hydrogen-bond donors (Lipinski definition) is 0. The minimum Gasteiger partial charge on any atom is -0.284 e. The Morgan fingerprint density at radius 3 is 1.83 bits per heavy atom. The summed E-state index contributed by atoms with van der Waals surface area (Å²) < 4.78 is 25.3. The first-order valence-electron chi connectivity index (χ1n) is 9.56. The van der Waals surface area contributed by atoms with Crippen LogP contribution in [0.1, 0.15) is 22.7 Å². The maximum absolute atomic E-state index is 12.6. The Labute approximate surface area is 187 Å².